The van der Waals surface area contributed by atoms with Crippen molar-refractivity contribution in [1.82, 2.24) is 0 Å². The Kier molecular flexibility index (Phi) is 1.71. The first-order valence-electron chi connectivity index (χ1n) is 2.65. The number of hydrogen-bond acceptors (Lipinski definition) is 1. The highest BCUT2D eigenvalue weighted by atomic mass is 14.7. The fraction of sp³-hybridized carbons (Fsp3) is 0. The lowest BCUT2D eigenvalue weighted by molar-refractivity contribution is 1.67. The zero-order chi connectivity index (χ0) is 6.53. The molecule has 2 nitrogen and oxygen atoms in total. The van der Waals surface area contributed by atoms with Crippen LogP contribution in [-0.2, 0) is 0 Å². The molecule has 44 valence electrons. The molecule has 1 aromatic carbocycles. The van der Waals surface area contributed by atoms with Gasteiger partial charge in [-0.1, -0.05) is 18.2 Å². The van der Waals surface area contributed by atoms with Crippen molar-refractivity contribution in [3.05, 3.63) is 35.2 Å². The van der Waals surface area contributed by atoms with Gasteiger partial charge in [-0.2, -0.15) is 4.85 Å². The standard InChI is InChI=1S/C7H6N2/c8-6-9-7-4-2-1-3-5-7/h1-5,8H/p+1. The van der Waals surface area contributed by atoms with E-state index in [0.29, 0.717) is 0 Å². The van der Waals surface area contributed by atoms with Crippen LogP contribution in [0, 0.1) is 6.19 Å². The Bertz CT molecular complexity index is 230. The number of para-hydroxylation sites is 1. The average Bonchev–Trinajstić information content (AvgIpc) is 1.91. The molecular formula is C7H7N2+. The van der Waals surface area contributed by atoms with E-state index in [2.05, 4.69) is 11.0 Å². The van der Waals surface area contributed by atoms with E-state index < -0.39 is 0 Å². The maximum Gasteiger partial charge on any atom is 0.372 e. The molecule has 0 aromatic heterocycles. The van der Waals surface area contributed by atoms with Crippen LogP contribution in [0.3, 0.4) is 0 Å². The third-order valence-electron chi connectivity index (χ3n) is 0.950. The topological polar surface area (TPSA) is 30.4 Å². The minimum Gasteiger partial charge on any atom is -0.236 e. The smallest absolute Gasteiger partial charge is 0.236 e. The largest absolute Gasteiger partial charge is 0.372 e. The Morgan fingerprint density at radius 2 is 1.89 bits per heavy atom. The summed E-state index contributed by atoms with van der Waals surface area (Å²) in [5, 5.41) is 0. The summed E-state index contributed by atoms with van der Waals surface area (Å²) in [5.41, 5.74) is 5.78. The van der Waals surface area contributed by atoms with E-state index >= 15 is 0 Å². The molecule has 2 heteroatoms. The van der Waals surface area contributed by atoms with Crippen molar-refractivity contribution in [3.63, 3.8) is 0 Å². The number of benzene rings is 1. The van der Waals surface area contributed by atoms with Gasteiger partial charge in [-0.25, -0.2) is 5.73 Å². The summed E-state index contributed by atoms with van der Waals surface area (Å²) in [7, 11) is 0. The first-order valence-corrected chi connectivity index (χ1v) is 2.65. The SMILES string of the molecule is NC#[N+]c1ccccc1. The van der Waals surface area contributed by atoms with Gasteiger partial charge >= 0.3 is 6.19 Å². The van der Waals surface area contributed by atoms with Crippen LogP contribution in [0.2, 0.25) is 0 Å². The molecule has 0 fully saturated rings. The van der Waals surface area contributed by atoms with E-state index in [1.54, 1.807) is 0 Å². The zero-order valence-corrected chi connectivity index (χ0v) is 4.91. The van der Waals surface area contributed by atoms with Gasteiger partial charge in [-0.3, -0.25) is 0 Å². The molecule has 0 heterocycles. The maximum absolute atomic E-state index is 4.94. The van der Waals surface area contributed by atoms with Crippen LogP contribution in [0.5, 0.6) is 0 Å². The van der Waals surface area contributed by atoms with Gasteiger partial charge in [-0.15, -0.1) is 0 Å². The Morgan fingerprint density at radius 1 is 1.22 bits per heavy atom. The van der Waals surface area contributed by atoms with Gasteiger partial charge in [0.25, 0.3) is 0 Å². The molecule has 0 unspecified atom stereocenters. The highest BCUT2D eigenvalue weighted by Gasteiger charge is 1.86. The van der Waals surface area contributed by atoms with E-state index in [4.69, 9.17) is 5.73 Å². The summed E-state index contributed by atoms with van der Waals surface area (Å²) in [5.74, 6) is 0. The summed E-state index contributed by atoms with van der Waals surface area (Å²) in [6.07, 6.45) is 2.21. The van der Waals surface area contributed by atoms with Crippen molar-refractivity contribution < 1.29 is 0 Å². The van der Waals surface area contributed by atoms with Crippen molar-refractivity contribution in [2.75, 3.05) is 0 Å². The lowest BCUT2D eigenvalue weighted by atomic mass is 10.3. The molecule has 9 heavy (non-hydrogen) atoms. The Labute approximate surface area is 53.7 Å². The van der Waals surface area contributed by atoms with Crippen LogP contribution in [0.15, 0.2) is 30.3 Å². The second-order valence-corrected chi connectivity index (χ2v) is 1.58. The molecular weight excluding hydrogens is 112 g/mol. The molecule has 0 spiro atoms. The van der Waals surface area contributed by atoms with E-state index in [1.807, 2.05) is 30.3 Å². The van der Waals surface area contributed by atoms with Crippen LogP contribution >= 0.6 is 0 Å². The third kappa shape index (κ3) is 1.46. The first-order chi connectivity index (χ1) is 4.43. The van der Waals surface area contributed by atoms with Crippen molar-refractivity contribution in [2.45, 2.75) is 0 Å². The summed E-state index contributed by atoms with van der Waals surface area (Å²) in [6, 6.07) is 9.45. The lowest BCUT2D eigenvalue weighted by Gasteiger charge is -1.76. The quantitative estimate of drug-likeness (QED) is 0.407. The van der Waals surface area contributed by atoms with Gasteiger partial charge in [0.15, 0.2) is 0 Å². The van der Waals surface area contributed by atoms with Gasteiger partial charge in [-0.05, 0) is 0 Å². The average molecular weight is 119 g/mol. The summed E-state index contributed by atoms with van der Waals surface area (Å²) >= 11 is 0. The molecule has 0 saturated heterocycles. The molecule has 0 aliphatic rings. The van der Waals surface area contributed by atoms with E-state index in [-0.39, 0.29) is 0 Å². The number of rotatable bonds is 0. The molecule has 0 amide bonds. The van der Waals surface area contributed by atoms with Gasteiger partial charge in [0.1, 0.15) is 0 Å². The van der Waals surface area contributed by atoms with Crippen molar-refractivity contribution in [2.24, 2.45) is 5.73 Å². The maximum atomic E-state index is 4.94. The second kappa shape index (κ2) is 2.73. The van der Waals surface area contributed by atoms with Crippen LogP contribution in [-0.4, -0.2) is 0 Å². The van der Waals surface area contributed by atoms with Crippen molar-refractivity contribution in [3.8, 4) is 6.19 Å². The van der Waals surface area contributed by atoms with Gasteiger partial charge in [0.05, 0.1) is 0 Å². The first kappa shape index (κ1) is 5.64. The van der Waals surface area contributed by atoms with Gasteiger partial charge < -0.3 is 0 Å². The molecule has 0 atom stereocenters. The van der Waals surface area contributed by atoms with E-state index in [1.165, 1.54) is 0 Å². The van der Waals surface area contributed by atoms with E-state index in [0.717, 1.165) is 5.69 Å². The fourth-order valence-corrected chi connectivity index (χ4v) is 0.577. The molecule has 1 rings (SSSR count). The number of nitrogens with two attached hydrogens (primary N) is 1. The molecule has 0 aliphatic heterocycles. The highest BCUT2D eigenvalue weighted by molar-refractivity contribution is 5.44. The molecule has 0 bridgehead atoms. The molecule has 2 N–H and O–H groups in total. The van der Waals surface area contributed by atoms with Crippen molar-refractivity contribution in [1.29, 1.82) is 0 Å². The van der Waals surface area contributed by atoms with Crippen LogP contribution in [0.1, 0.15) is 0 Å². The minimum atomic E-state index is 0.833. The molecule has 0 aliphatic carbocycles. The minimum absolute atomic E-state index is 0.833. The predicted octanol–water partition coefficient (Wildman–Crippen LogP) is 1.57. The summed E-state index contributed by atoms with van der Waals surface area (Å²) < 4.78 is 0. The van der Waals surface area contributed by atoms with Gasteiger partial charge in [0, 0.05) is 12.1 Å². The second-order valence-electron chi connectivity index (χ2n) is 1.58. The van der Waals surface area contributed by atoms with Crippen LogP contribution in [0.4, 0.5) is 5.69 Å². The normalized spacial score (nSPS) is 7.56. The molecule has 1 aromatic rings. The third-order valence-corrected chi connectivity index (χ3v) is 0.950. The fourth-order valence-electron chi connectivity index (χ4n) is 0.577. The monoisotopic (exact) mass is 119 g/mol. The van der Waals surface area contributed by atoms with Crippen molar-refractivity contribution >= 4 is 5.69 Å². The van der Waals surface area contributed by atoms with E-state index in [9.17, 15) is 0 Å². The predicted molar refractivity (Wildman–Crippen MR) is 37.5 cm³/mol. The molecule has 0 radical (unpaired) electrons. The number of hydrogen-bond donors (Lipinski definition) is 1. The summed E-state index contributed by atoms with van der Waals surface area (Å²) in [6.45, 7) is 0. The lowest BCUT2D eigenvalue weighted by Crippen LogP contribution is -1.72. The summed E-state index contributed by atoms with van der Waals surface area (Å²) in [4.78, 5) is 3.73. The Morgan fingerprint density at radius 3 is 2.44 bits per heavy atom. The van der Waals surface area contributed by atoms with Crippen LogP contribution < -0.4 is 5.73 Å². The highest BCUT2D eigenvalue weighted by Crippen LogP contribution is 2.07. The Hall–Kier alpha value is -1.49. The molecule has 0 saturated carbocycles. The van der Waals surface area contributed by atoms with Crippen LogP contribution in [0.25, 0.3) is 4.85 Å². The Balaban J connectivity index is 2.94. The zero-order valence-electron chi connectivity index (χ0n) is 4.91. The number of nitrogens with zero attached hydrogens (tertiary/aromatic N) is 1. The van der Waals surface area contributed by atoms with Gasteiger partial charge in [0.2, 0.25) is 5.69 Å².